The largest absolute Gasteiger partial charge is 0.467 e. The molecular formula is C17H21ClFNO3. The van der Waals surface area contributed by atoms with Crippen molar-refractivity contribution in [2.75, 3.05) is 7.11 Å². The number of carbonyl (C=O) groups excluding carboxylic acids is 2. The smallest absolute Gasteiger partial charge is 0.331 e. The Morgan fingerprint density at radius 1 is 1.43 bits per heavy atom. The van der Waals surface area contributed by atoms with Crippen LogP contribution in [0.5, 0.6) is 0 Å². The maximum absolute atomic E-state index is 13.8. The van der Waals surface area contributed by atoms with Gasteiger partial charge >= 0.3 is 5.97 Å². The summed E-state index contributed by atoms with van der Waals surface area (Å²) >= 11 is 6.12. The molecule has 0 heterocycles. The molecule has 0 bridgehead atoms. The highest BCUT2D eigenvalue weighted by Crippen LogP contribution is 2.34. The lowest BCUT2D eigenvalue weighted by molar-refractivity contribution is -0.153. The quantitative estimate of drug-likeness (QED) is 0.675. The first-order valence-corrected chi connectivity index (χ1v) is 8.12. The molecule has 1 aliphatic rings. The second-order valence-corrected chi connectivity index (χ2v) is 6.58. The molecule has 0 radical (unpaired) electrons. The zero-order chi connectivity index (χ0) is 17.0. The Labute approximate surface area is 140 Å². The van der Waals surface area contributed by atoms with Crippen LogP contribution < -0.4 is 5.32 Å². The fourth-order valence-electron chi connectivity index (χ4n) is 3.22. The molecule has 1 fully saturated rings. The van der Waals surface area contributed by atoms with Gasteiger partial charge in [0.1, 0.15) is 16.7 Å². The number of hydrogen-bond acceptors (Lipinski definition) is 3. The van der Waals surface area contributed by atoms with E-state index >= 15 is 0 Å². The molecule has 126 valence electrons. The van der Waals surface area contributed by atoms with Gasteiger partial charge in [0, 0.05) is 5.56 Å². The SMILES string of the molecule is COC(=O)C1(NC(=O)C(Cl)c2ccccc2F)CCCC(C)C1. The molecule has 3 atom stereocenters. The van der Waals surface area contributed by atoms with E-state index in [-0.39, 0.29) is 11.5 Å². The van der Waals surface area contributed by atoms with Crippen LogP contribution in [0.2, 0.25) is 0 Å². The number of ether oxygens (including phenoxy) is 1. The minimum absolute atomic E-state index is 0.0931. The first-order valence-electron chi connectivity index (χ1n) is 7.68. The van der Waals surface area contributed by atoms with Crippen LogP contribution in [0.1, 0.15) is 43.5 Å². The summed E-state index contributed by atoms with van der Waals surface area (Å²) in [6.07, 6.45) is 2.79. The van der Waals surface area contributed by atoms with Gasteiger partial charge in [-0.05, 0) is 24.8 Å². The van der Waals surface area contributed by atoms with Crippen LogP contribution in [-0.2, 0) is 14.3 Å². The van der Waals surface area contributed by atoms with Crippen LogP contribution in [0, 0.1) is 11.7 Å². The van der Waals surface area contributed by atoms with Gasteiger partial charge in [0.25, 0.3) is 0 Å². The lowest BCUT2D eigenvalue weighted by Crippen LogP contribution is -2.58. The normalized spacial score (nSPS) is 25.5. The Balaban J connectivity index is 2.21. The van der Waals surface area contributed by atoms with E-state index < -0.39 is 28.6 Å². The number of alkyl halides is 1. The highest BCUT2D eigenvalue weighted by Gasteiger charge is 2.45. The molecule has 1 N–H and O–H groups in total. The number of hydrogen-bond donors (Lipinski definition) is 1. The predicted octanol–water partition coefficient (Wildman–Crippen LogP) is 3.34. The van der Waals surface area contributed by atoms with Gasteiger partial charge in [-0.3, -0.25) is 4.79 Å². The molecule has 1 amide bonds. The average Bonchev–Trinajstić information content (AvgIpc) is 2.53. The molecule has 1 aromatic rings. The summed E-state index contributed by atoms with van der Waals surface area (Å²) in [4.78, 5) is 24.7. The Morgan fingerprint density at radius 2 is 2.13 bits per heavy atom. The molecule has 0 saturated heterocycles. The Morgan fingerprint density at radius 3 is 2.74 bits per heavy atom. The summed E-state index contributed by atoms with van der Waals surface area (Å²) in [5.74, 6) is -1.33. The van der Waals surface area contributed by atoms with Crippen LogP contribution in [0.3, 0.4) is 0 Å². The number of benzene rings is 1. The van der Waals surface area contributed by atoms with Crippen LogP contribution >= 0.6 is 11.6 Å². The summed E-state index contributed by atoms with van der Waals surface area (Å²) in [7, 11) is 1.30. The highest BCUT2D eigenvalue weighted by molar-refractivity contribution is 6.31. The van der Waals surface area contributed by atoms with Crippen LogP contribution in [0.25, 0.3) is 0 Å². The van der Waals surface area contributed by atoms with Crippen molar-refractivity contribution in [3.05, 3.63) is 35.6 Å². The zero-order valence-corrected chi connectivity index (χ0v) is 14.0. The van der Waals surface area contributed by atoms with E-state index in [4.69, 9.17) is 16.3 Å². The molecule has 4 nitrogen and oxygen atoms in total. The van der Waals surface area contributed by atoms with Crippen molar-refractivity contribution in [1.82, 2.24) is 5.32 Å². The summed E-state index contributed by atoms with van der Waals surface area (Å²) in [6, 6.07) is 5.84. The number of esters is 1. The third-order valence-corrected chi connectivity index (χ3v) is 4.78. The number of methoxy groups -OCH3 is 1. The molecule has 6 heteroatoms. The molecule has 0 aliphatic heterocycles. The minimum Gasteiger partial charge on any atom is -0.467 e. The standard InChI is InChI=1S/C17H21ClFNO3/c1-11-6-5-9-17(10-11,16(22)23-2)20-15(21)14(18)12-7-3-4-8-13(12)19/h3-4,7-8,11,14H,5-6,9-10H2,1-2H3,(H,20,21). The second-order valence-electron chi connectivity index (χ2n) is 6.15. The lowest BCUT2D eigenvalue weighted by atomic mass is 9.76. The number of amides is 1. The predicted molar refractivity (Wildman–Crippen MR) is 85.5 cm³/mol. The van der Waals surface area contributed by atoms with Crippen molar-refractivity contribution in [3.63, 3.8) is 0 Å². The van der Waals surface area contributed by atoms with E-state index in [1.165, 1.54) is 25.3 Å². The summed E-state index contributed by atoms with van der Waals surface area (Å²) in [6.45, 7) is 2.03. The highest BCUT2D eigenvalue weighted by atomic mass is 35.5. The van der Waals surface area contributed by atoms with E-state index in [0.717, 1.165) is 12.8 Å². The third-order valence-electron chi connectivity index (χ3n) is 4.34. The van der Waals surface area contributed by atoms with Gasteiger partial charge in [-0.25, -0.2) is 9.18 Å². The Bertz CT molecular complexity index is 595. The van der Waals surface area contributed by atoms with Gasteiger partial charge in [0.2, 0.25) is 5.91 Å². The van der Waals surface area contributed by atoms with E-state index in [2.05, 4.69) is 5.32 Å². The van der Waals surface area contributed by atoms with E-state index in [1.807, 2.05) is 6.92 Å². The molecule has 23 heavy (non-hydrogen) atoms. The number of nitrogens with one attached hydrogen (secondary N) is 1. The average molecular weight is 342 g/mol. The van der Waals surface area contributed by atoms with Crippen LogP contribution in [0.4, 0.5) is 4.39 Å². The molecule has 2 rings (SSSR count). The van der Waals surface area contributed by atoms with Crippen molar-refractivity contribution in [2.24, 2.45) is 5.92 Å². The Hall–Kier alpha value is -1.62. The van der Waals surface area contributed by atoms with E-state index in [9.17, 15) is 14.0 Å². The maximum Gasteiger partial charge on any atom is 0.331 e. The first-order chi connectivity index (χ1) is 10.9. The summed E-state index contributed by atoms with van der Waals surface area (Å²) in [5, 5.41) is 1.53. The topological polar surface area (TPSA) is 55.4 Å². The van der Waals surface area contributed by atoms with Gasteiger partial charge in [0.15, 0.2) is 0 Å². The van der Waals surface area contributed by atoms with Crippen molar-refractivity contribution in [3.8, 4) is 0 Å². The van der Waals surface area contributed by atoms with Crippen molar-refractivity contribution < 1.29 is 18.7 Å². The fourth-order valence-corrected chi connectivity index (χ4v) is 3.45. The number of carbonyl (C=O) groups is 2. The van der Waals surface area contributed by atoms with Crippen molar-refractivity contribution in [2.45, 2.75) is 43.5 Å². The van der Waals surface area contributed by atoms with Crippen molar-refractivity contribution >= 4 is 23.5 Å². The monoisotopic (exact) mass is 341 g/mol. The van der Waals surface area contributed by atoms with Gasteiger partial charge in [-0.1, -0.05) is 38.0 Å². The molecule has 0 spiro atoms. The molecule has 3 unspecified atom stereocenters. The van der Waals surface area contributed by atoms with Crippen LogP contribution in [0.15, 0.2) is 24.3 Å². The molecule has 1 aliphatic carbocycles. The van der Waals surface area contributed by atoms with Gasteiger partial charge < -0.3 is 10.1 Å². The van der Waals surface area contributed by atoms with Gasteiger partial charge in [-0.2, -0.15) is 0 Å². The Kier molecular flexibility index (Phi) is 5.63. The van der Waals surface area contributed by atoms with Gasteiger partial charge in [-0.15, -0.1) is 11.6 Å². The molecule has 1 aromatic carbocycles. The maximum atomic E-state index is 13.8. The molecule has 1 saturated carbocycles. The fraction of sp³-hybridized carbons (Fsp3) is 0.529. The van der Waals surface area contributed by atoms with Crippen LogP contribution in [-0.4, -0.2) is 24.5 Å². The van der Waals surface area contributed by atoms with E-state index in [0.29, 0.717) is 12.8 Å². The van der Waals surface area contributed by atoms with Gasteiger partial charge in [0.05, 0.1) is 7.11 Å². The number of rotatable bonds is 4. The minimum atomic E-state index is -1.20. The first kappa shape index (κ1) is 17.7. The zero-order valence-electron chi connectivity index (χ0n) is 13.3. The van der Waals surface area contributed by atoms with Crippen molar-refractivity contribution in [1.29, 1.82) is 0 Å². The number of halogens is 2. The molecule has 0 aromatic heterocycles. The molecular weight excluding hydrogens is 321 g/mol. The summed E-state index contributed by atoms with van der Waals surface area (Å²) < 4.78 is 18.7. The summed E-state index contributed by atoms with van der Waals surface area (Å²) in [5.41, 5.74) is -0.988. The third kappa shape index (κ3) is 3.83. The van der Waals surface area contributed by atoms with E-state index in [1.54, 1.807) is 6.07 Å². The second kappa shape index (κ2) is 7.30. The lowest BCUT2D eigenvalue weighted by Gasteiger charge is -2.38.